The van der Waals surface area contributed by atoms with Crippen LogP contribution in [0.3, 0.4) is 0 Å². The summed E-state index contributed by atoms with van der Waals surface area (Å²) in [5, 5.41) is 0. The first-order chi connectivity index (χ1) is 4.74. The zero-order chi connectivity index (χ0) is 7.56. The van der Waals surface area contributed by atoms with Crippen LogP contribution in [0, 0.1) is 5.92 Å². The van der Waals surface area contributed by atoms with Crippen molar-refractivity contribution in [2.45, 2.75) is 12.6 Å². The third kappa shape index (κ3) is 1.67. The minimum Gasteiger partial charge on any atom is -0.330 e. The van der Waals surface area contributed by atoms with Gasteiger partial charge in [-0.3, -0.25) is 0 Å². The molecule has 0 bridgehead atoms. The van der Waals surface area contributed by atoms with Gasteiger partial charge in [-0.25, -0.2) is 4.39 Å². The molecule has 2 N–H and O–H groups in total. The van der Waals surface area contributed by atoms with Crippen molar-refractivity contribution in [1.82, 2.24) is 4.90 Å². The van der Waals surface area contributed by atoms with Crippen LogP contribution in [0.2, 0.25) is 0 Å². The van der Waals surface area contributed by atoms with Crippen LogP contribution in [-0.4, -0.2) is 37.8 Å². The molecule has 0 radical (unpaired) electrons. The highest BCUT2D eigenvalue weighted by atomic mass is 19.1. The molecule has 1 rings (SSSR count). The van der Waals surface area contributed by atoms with Gasteiger partial charge in [0.1, 0.15) is 6.17 Å². The van der Waals surface area contributed by atoms with Gasteiger partial charge < -0.3 is 10.6 Å². The largest absolute Gasteiger partial charge is 0.330 e. The lowest BCUT2D eigenvalue weighted by molar-refractivity contribution is 0.107. The van der Waals surface area contributed by atoms with Gasteiger partial charge in [0.2, 0.25) is 0 Å². The molecule has 1 aliphatic heterocycles. The number of halogens is 1. The Labute approximate surface area is 61.2 Å². The molecule has 0 aromatic carbocycles. The van der Waals surface area contributed by atoms with Gasteiger partial charge in [0.25, 0.3) is 0 Å². The second-order valence-electron chi connectivity index (χ2n) is 3.06. The number of alkyl halides is 1. The fraction of sp³-hybridized carbons (Fsp3) is 1.00. The zero-order valence-electron chi connectivity index (χ0n) is 6.39. The van der Waals surface area contributed by atoms with Crippen molar-refractivity contribution in [3.8, 4) is 0 Å². The summed E-state index contributed by atoms with van der Waals surface area (Å²) in [5.74, 6) is 0.108. The molecule has 3 heteroatoms. The molecule has 2 atom stereocenters. The lowest BCUT2D eigenvalue weighted by Crippen LogP contribution is -2.42. The minimum absolute atomic E-state index is 0.108. The Hall–Kier alpha value is -0.150. The zero-order valence-corrected chi connectivity index (χ0v) is 6.39. The molecule has 1 aliphatic rings. The lowest BCUT2D eigenvalue weighted by Gasteiger charge is -2.31. The van der Waals surface area contributed by atoms with Crippen molar-refractivity contribution in [3.63, 3.8) is 0 Å². The number of nitrogens with zero attached hydrogens (tertiary/aromatic N) is 1. The van der Waals surface area contributed by atoms with Crippen LogP contribution >= 0.6 is 0 Å². The van der Waals surface area contributed by atoms with Crippen LogP contribution in [0.25, 0.3) is 0 Å². The molecule has 0 aromatic rings. The molecule has 0 spiro atoms. The Morgan fingerprint density at radius 1 is 1.70 bits per heavy atom. The number of nitrogens with two attached hydrogens (primary N) is 1. The topological polar surface area (TPSA) is 29.3 Å². The van der Waals surface area contributed by atoms with Gasteiger partial charge in [-0.15, -0.1) is 0 Å². The van der Waals surface area contributed by atoms with E-state index in [0.717, 1.165) is 13.0 Å². The summed E-state index contributed by atoms with van der Waals surface area (Å²) in [4.78, 5) is 2.01. The van der Waals surface area contributed by atoms with E-state index < -0.39 is 6.17 Å². The Balaban J connectivity index is 2.36. The van der Waals surface area contributed by atoms with Crippen LogP contribution in [-0.2, 0) is 0 Å². The highest BCUT2D eigenvalue weighted by Crippen LogP contribution is 2.17. The second kappa shape index (κ2) is 3.30. The molecule has 1 fully saturated rings. The Kier molecular flexibility index (Phi) is 2.63. The average molecular weight is 146 g/mol. The summed E-state index contributed by atoms with van der Waals surface area (Å²) in [6.07, 6.45) is 0.206. The van der Waals surface area contributed by atoms with Crippen molar-refractivity contribution in [2.75, 3.05) is 26.7 Å². The van der Waals surface area contributed by atoms with E-state index in [4.69, 9.17) is 5.73 Å². The van der Waals surface area contributed by atoms with Crippen molar-refractivity contribution in [3.05, 3.63) is 0 Å². The standard InChI is InChI=1S/C7H15FN2/c1-10-3-2-6(4-9)7(8)5-10/h6-7H,2-5,9H2,1H3. The van der Waals surface area contributed by atoms with Crippen molar-refractivity contribution in [2.24, 2.45) is 11.7 Å². The van der Waals surface area contributed by atoms with Gasteiger partial charge in [-0.05, 0) is 26.6 Å². The maximum atomic E-state index is 13.0. The van der Waals surface area contributed by atoms with Crippen molar-refractivity contribution < 1.29 is 4.39 Å². The quantitative estimate of drug-likeness (QED) is 0.574. The molecule has 0 amide bonds. The van der Waals surface area contributed by atoms with E-state index in [2.05, 4.69) is 0 Å². The van der Waals surface area contributed by atoms with E-state index in [9.17, 15) is 4.39 Å². The Morgan fingerprint density at radius 2 is 2.40 bits per heavy atom. The molecular weight excluding hydrogens is 131 g/mol. The first-order valence-corrected chi connectivity index (χ1v) is 3.76. The molecule has 60 valence electrons. The third-order valence-corrected chi connectivity index (χ3v) is 2.18. The number of rotatable bonds is 1. The molecule has 2 unspecified atom stereocenters. The molecule has 0 saturated carbocycles. The molecule has 0 aliphatic carbocycles. The van der Waals surface area contributed by atoms with E-state index in [1.807, 2.05) is 11.9 Å². The third-order valence-electron chi connectivity index (χ3n) is 2.18. The summed E-state index contributed by atoms with van der Waals surface area (Å²) in [6.45, 7) is 2.04. The van der Waals surface area contributed by atoms with Gasteiger partial charge in [-0.1, -0.05) is 0 Å². The summed E-state index contributed by atoms with van der Waals surface area (Å²) in [5.41, 5.74) is 5.38. The van der Waals surface area contributed by atoms with E-state index in [1.54, 1.807) is 0 Å². The van der Waals surface area contributed by atoms with Crippen LogP contribution in [0.1, 0.15) is 6.42 Å². The van der Waals surface area contributed by atoms with Crippen LogP contribution in [0.4, 0.5) is 4.39 Å². The predicted molar refractivity (Wildman–Crippen MR) is 39.6 cm³/mol. The van der Waals surface area contributed by atoms with E-state index in [1.165, 1.54) is 0 Å². The fourth-order valence-corrected chi connectivity index (χ4v) is 1.37. The van der Waals surface area contributed by atoms with Gasteiger partial charge in [0, 0.05) is 12.5 Å². The summed E-state index contributed by atoms with van der Waals surface area (Å²) in [7, 11) is 1.94. The predicted octanol–water partition coefficient (Wildman–Crippen LogP) is 0.235. The lowest BCUT2D eigenvalue weighted by atomic mass is 9.96. The van der Waals surface area contributed by atoms with Gasteiger partial charge in [0.15, 0.2) is 0 Å². The SMILES string of the molecule is CN1CCC(CN)C(F)C1. The first-order valence-electron chi connectivity index (χ1n) is 3.76. The number of hydrogen-bond donors (Lipinski definition) is 1. The van der Waals surface area contributed by atoms with Crippen molar-refractivity contribution >= 4 is 0 Å². The first kappa shape index (κ1) is 7.95. The van der Waals surface area contributed by atoms with Crippen LogP contribution in [0.15, 0.2) is 0 Å². The van der Waals surface area contributed by atoms with Gasteiger partial charge in [0.05, 0.1) is 0 Å². The molecular formula is C7H15FN2. The summed E-state index contributed by atoms with van der Waals surface area (Å²) < 4.78 is 13.0. The van der Waals surface area contributed by atoms with Crippen LogP contribution < -0.4 is 5.73 Å². The number of likely N-dealkylation sites (tertiary alicyclic amines) is 1. The molecule has 1 saturated heterocycles. The second-order valence-corrected chi connectivity index (χ2v) is 3.06. The maximum Gasteiger partial charge on any atom is 0.117 e. The smallest absolute Gasteiger partial charge is 0.117 e. The summed E-state index contributed by atoms with van der Waals surface area (Å²) in [6, 6.07) is 0. The summed E-state index contributed by atoms with van der Waals surface area (Å²) >= 11 is 0. The number of hydrogen-bond acceptors (Lipinski definition) is 2. The van der Waals surface area contributed by atoms with Gasteiger partial charge in [-0.2, -0.15) is 0 Å². The van der Waals surface area contributed by atoms with E-state index in [0.29, 0.717) is 13.1 Å². The molecule has 1 heterocycles. The monoisotopic (exact) mass is 146 g/mol. The van der Waals surface area contributed by atoms with Crippen molar-refractivity contribution in [1.29, 1.82) is 0 Å². The van der Waals surface area contributed by atoms with E-state index in [-0.39, 0.29) is 5.92 Å². The minimum atomic E-state index is -0.705. The molecule has 2 nitrogen and oxygen atoms in total. The highest BCUT2D eigenvalue weighted by Gasteiger charge is 2.25. The van der Waals surface area contributed by atoms with Crippen LogP contribution in [0.5, 0.6) is 0 Å². The fourth-order valence-electron chi connectivity index (χ4n) is 1.37. The van der Waals surface area contributed by atoms with E-state index >= 15 is 0 Å². The maximum absolute atomic E-state index is 13.0. The molecule has 10 heavy (non-hydrogen) atoms. The average Bonchev–Trinajstić information content (AvgIpc) is 1.88. The normalized spacial score (nSPS) is 36.3. The highest BCUT2D eigenvalue weighted by molar-refractivity contribution is 4.78. The Morgan fingerprint density at radius 3 is 2.90 bits per heavy atom. The Bertz CT molecular complexity index is 108. The molecule has 0 aromatic heterocycles. The van der Waals surface area contributed by atoms with Gasteiger partial charge >= 0.3 is 0 Å². The number of piperidine rings is 1.